The molecule has 7 heteroatoms. The van der Waals surface area contributed by atoms with Gasteiger partial charge in [-0.25, -0.2) is 4.98 Å². The molecule has 2 heterocycles. The van der Waals surface area contributed by atoms with Gasteiger partial charge in [-0.05, 0) is 25.9 Å². The number of rotatable bonds is 6. The molecular weight excluding hydrogens is 280 g/mol. The molecule has 2 rings (SSSR count). The molecule has 1 saturated heterocycles. The van der Waals surface area contributed by atoms with E-state index in [9.17, 15) is 0 Å². The highest BCUT2D eigenvalue weighted by Gasteiger charge is 2.32. The standard InChI is InChI=1S/C13H21ClN4O2/c1-19-9-13(3-5-15-6-4-13)8-17-11-10(14)7-16-12(18-11)20-2/h7,15H,3-6,8-9H2,1-2H3,(H,16,17,18). The molecule has 0 aliphatic carbocycles. The Morgan fingerprint density at radius 1 is 1.40 bits per heavy atom. The van der Waals surface area contributed by atoms with Crippen molar-refractivity contribution in [3.63, 3.8) is 0 Å². The second-order valence-electron chi connectivity index (χ2n) is 5.09. The molecule has 0 bridgehead atoms. The van der Waals surface area contributed by atoms with Gasteiger partial charge in [-0.2, -0.15) is 4.98 Å². The van der Waals surface area contributed by atoms with E-state index in [1.54, 1.807) is 13.3 Å². The number of nitrogens with one attached hydrogen (secondary N) is 2. The number of halogens is 1. The first kappa shape index (κ1) is 15.3. The van der Waals surface area contributed by atoms with Gasteiger partial charge in [0, 0.05) is 19.1 Å². The number of methoxy groups -OCH3 is 2. The van der Waals surface area contributed by atoms with E-state index in [0.29, 0.717) is 16.9 Å². The first-order chi connectivity index (χ1) is 9.69. The molecule has 0 atom stereocenters. The van der Waals surface area contributed by atoms with Crippen molar-refractivity contribution in [2.45, 2.75) is 12.8 Å². The quantitative estimate of drug-likeness (QED) is 0.831. The van der Waals surface area contributed by atoms with Gasteiger partial charge in [-0.15, -0.1) is 0 Å². The van der Waals surface area contributed by atoms with Crippen molar-refractivity contribution in [1.82, 2.24) is 15.3 Å². The summed E-state index contributed by atoms with van der Waals surface area (Å²) in [6.45, 7) is 3.50. The van der Waals surface area contributed by atoms with Crippen LogP contribution in [0.4, 0.5) is 5.82 Å². The maximum absolute atomic E-state index is 6.11. The van der Waals surface area contributed by atoms with Crippen molar-refractivity contribution >= 4 is 17.4 Å². The predicted molar refractivity (Wildman–Crippen MR) is 78.5 cm³/mol. The van der Waals surface area contributed by atoms with Gasteiger partial charge in [0.25, 0.3) is 0 Å². The Morgan fingerprint density at radius 3 is 2.80 bits per heavy atom. The molecule has 1 aromatic heterocycles. The Balaban J connectivity index is 2.05. The fourth-order valence-corrected chi connectivity index (χ4v) is 2.64. The Morgan fingerprint density at radius 2 is 2.15 bits per heavy atom. The molecule has 0 aromatic carbocycles. The third-order valence-corrected chi connectivity index (χ3v) is 3.93. The monoisotopic (exact) mass is 300 g/mol. The molecule has 6 nitrogen and oxygen atoms in total. The Hall–Kier alpha value is -1.11. The topological polar surface area (TPSA) is 68.3 Å². The second kappa shape index (κ2) is 7.06. The van der Waals surface area contributed by atoms with Gasteiger partial charge in [-0.1, -0.05) is 11.6 Å². The third-order valence-electron chi connectivity index (χ3n) is 3.65. The van der Waals surface area contributed by atoms with E-state index in [0.717, 1.165) is 39.1 Å². The summed E-state index contributed by atoms with van der Waals surface area (Å²) < 4.78 is 10.4. The van der Waals surface area contributed by atoms with Crippen LogP contribution in [0.15, 0.2) is 6.20 Å². The number of aromatic nitrogens is 2. The first-order valence-electron chi connectivity index (χ1n) is 6.69. The van der Waals surface area contributed by atoms with Crippen LogP contribution in [0.3, 0.4) is 0 Å². The minimum Gasteiger partial charge on any atom is -0.467 e. The van der Waals surface area contributed by atoms with Crippen LogP contribution in [0.1, 0.15) is 12.8 Å². The van der Waals surface area contributed by atoms with Gasteiger partial charge in [0.1, 0.15) is 5.02 Å². The first-order valence-corrected chi connectivity index (χ1v) is 7.07. The van der Waals surface area contributed by atoms with E-state index in [2.05, 4.69) is 20.6 Å². The van der Waals surface area contributed by atoms with Crippen molar-refractivity contribution < 1.29 is 9.47 Å². The number of hydrogen-bond donors (Lipinski definition) is 2. The van der Waals surface area contributed by atoms with Crippen molar-refractivity contribution in [3.8, 4) is 6.01 Å². The molecule has 0 radical (unpaired) electrons. The van der Waals surface area contributed by atoms with Crippen LogP contribution < -0.4 is 15.4 Å². The van der Waals surface area contributed by atoms with Gasteiger partial charge in [-0.3, -0.25) is 0 Å². The zero-order valence-corrected chi connectivity index (χ0v) is 12.7. The summed E-state index contributed by atoms with van der Waals surface area (Å²) in [5, 5.41) is 7.18. The van der Waals surface area contributed by atoms with E-state index in [-0.39, 0.29) is 5.41 Å². The summed E-state index contributed by atoms with van der Waals surface area (Å²) in [5.41, 5.74) is 0.113. The average Bonchev–Trinajstić information content (AvgIpc) is 2.48. The van der Waals surface area contributed by atoms with Crippen LogP contribution in [0.25, 0.3) is 0 Å². The SMILES string of the molecule is COCC1(CNc2nc(OC)ncc2Cl)CCNCC1. The van der Waals surface area contributed by atoms with Gasteiger partial charge in [0.2, 0.25) is 0 Å². The van der Waals surface area contributed by atoms with Crippen molar-refractivity contribution in [1.29, 1.82) is 0 Å². The van der Waals surface area contributed by atoms with Crippen molar-refractivity contribution in [3.05, 3.63) is 11.2 Å². The fraction of sp³-hybridized carbons (Fsp3) is 0.692. The third kappa shape index (κ3) is 3.71. The molecule has 20 heavy (non-hydrogen) atoms. The summed E-state index contributed by atoms with van der Waals surface area (Å²) in [6, 6.07) is 0.308. The van der Waals surface area contributed by atoms with Crippen LogP contribution >= 0.6 is 11.6 Å². The molecule has 0 unspecified atom stereocenters. The highest BCUT2D eigenvalue weighted by atomic mass is 35.5. The Bertz CT molecular complexity index is 433. The van der Waals surface area contributed by atoms with E-state index in [1.807, 2.05) is 0 Å². The minimum atomic E-state index is 0.113. The zero-order valence-electron chi connectivity index (χ0n) is 11.9. The summed E-state index contributed by atoms with van der Waals surface area (Å²) >= 11 is 6.11. The van der Waals surface area contributed by atoms with Crippen LogP contribution in [0.5, 0.6) is 6.01 Å². The minimum absolute atomic E-state index is 0.113. The normalized spacial score (nSPS) is 17.8. The summed E-state index contributed by atoms with van der Waals surface area (Å²) in [6.07, 6.45) is 3.67. The van der Waals surface area contributed by atoms with Gasteiger partial charge in [0.15, 0.2) is 5.82 Å². The molecular formula is C13H21ClN4O2. The second-order valence-corrected chi connectivity index (χ2v) is 5.50. The predicted octanol–water partition coefficient (Wildman–Crippen LogP) is 1.57. The largest absolute Gasteiger partial charge is 0.467 e. The highest BCUT2D eigenvalue weighted by Crippen LogP contribution is 2.30. The number of nitrogens with zero attached hydrogens (tertiary/aromatic N) is 2. The van der Waals surface area contributed by atoms with E-state index < -0.39 is 0 Å². The smallest absolute Gasteiger partial charge is 0.318 e. The van der Waals surface area contributed by atoms with Crippen LogP contribution in [-0.4, -0.2) is 50.4 Å². The molecule has 1 aromatic rings. The lowest BCUT2D eigenvalue weighted by Crippen LogP contribution is -2.44. The van der Waals surface area contributed by atoms with Gasteiger partial charge < -0.3 is 20.1 Å². The highest BCUT2D eigenvalue weighted by molar-refractivity contribution is 6.32. The van der Waals surface area contributed by atoms with Crippen molar-refractivity contribution in [2.75, 3.05) is 45.8 Å². The van der Waals surface area contributed by atoms with E-state index in [4.69, 9.17) is 21.1 Å². The van der Waals surface area contributed by atoms with Crippen LogP contribution in [0, 0.1) is 5.41 Å². The molecule has 0 amide bonds. The summed E-state index contributed by atoms with van der Waals surface area (Å²) in [4.78, 5) is 8.20. The lowest BCUT2D eigenvalue weighted by atomic mass is 9.79. The Labute approximate surface area is 124 Å². The van der Waals surface area contributed by atoms with Gasteiger partial charge in [0.05, 0.1) is 19.9 Å². The van der Waals surface area contributed by atoms with Crippen LogP contribution in [0.2, 0.25) is 5.02 Å². The number of ether oxygens (including phenoxy) is 2. The molecule has 0 saturated carbocycles. The lowest BCUT2D eigenvalue weighted by molar-refractivity contribution is 0.0635. The van der Waals surface area contributed by atoms with E-state index >= 15 is 0 Å². The fourth-order valence-electron chi connectivity index (χ4n) is 2.48. The lowest BCUT2D eigenvalue weighted by Gasteiger charge is -2.37. The maximum Gasteiger partial charge on any atom is 0.318 e. The maximum atomic E-state index is 6.11. The van der Waals surface area contributed by atoms with E-state index in [1.165, 1.54) is 7.11 Å². The number of piperidine rings is 1. The molecule has 1 aliphatic rings. The van der Waals surface area contributed by atoms with Crippen molar-refractivity contribution in [2.24, 2.45) is 5.41 Å². The number of anilines is 1. The van der Waals surface area contributed by atoms with Crippen LogP contribution in [-0.2, 0) is 4.74 Å². The molecule has 0 spiro atoms. The molecule has 1 fully saturated rings. The summed E-state index contributed by atoms with van der Waals surface area (Å²) in [7, 11) is 3.27. The summed E-state index contributed by atoms with van der Waals surface area (Å²) in [5.74, 6) is 0.604. The molecule has 112 valence electrons. The average molecular weight is 301 g/mol. The molecule has 1 aliphatic heterocycles. The Kier molecular flexibility index (Phi) is 5.39. The zero-order chi connectivity index (χ0) is 14.4. The molecule has 2 N–H and O–H groups in total. The number of hydrogen-bond acceptors (Lipinski definition) is 6. The van der Waals surface area contributed by atoms with Gasteiger partial charge >= 0.3 is 6.01 Å².